The zero-order chi connectivity index (χ0) is 28.0. The van der Waals surface area contributed by atoms with Gasteiger partial charge in [-0.05, 0) is 65.0 Å². The number of rotatable bonds is 13. The topological polar surface area (TPSA) is 58.6 Å². The molecule has 0 heterocycles. The standard InChI is InChI=1S/C31H55NO3S/c1-27(2,3)21-25(24-15-13-23(22-36)14-16-24)29(7,8)30(9,10)31(11,28(4,5)6)26(34)35-20-12-17-32-18-19-33/h13-16,25,32-33,36H,12,17-22H2,1-11H3. The van der Waals surface area contributed by atoms with E-state index in [1.54, 1.807) is 0 Å². The van der Waals surface area contributed by atoms with Gasteiger partial charge in [0.2, 0.25) is 0 Å². The lowest BCUT2D eigenvalue weighted by atomic mass is 9.43. The largest absolute Gasteiger partial charge is 0.465 e. The lowest BCUT2D eigenvalue weighted by Gasteiger charge is -2.60. The van der Waals surface area contributed by atoms with Crippen molar-refractivity contribution in [3.63, 3.8) is 0 Å². The predicted octanol–water partition coefficient (Wildman–Crippen LogP) is 7.26. The fourth-order valence-electron chi connectivity index (χ4n) is 5.55. The van der Waals surface area contributed by atoms with Gasteiger partial charge in [-0.15, -0.1) is 0 Å². The van der Waals surface area contributed by atoms with Gasteiger partial charge in [-0.2, -0.15) is 12.6 Å². The second-order valence-electron chi connectivity index (χ2n) is 13.9. The van der Waals surface area contributed by atoms with Crippen molar-refractivity contribution in [2.75, 3.05) is 26.3 Å². The van der Waals surface area contributed by atoms with E-state index >= 15 is 0 Å². The van der Waals surface area contributed by atoms with E-state index < -0.39 is 10.8 Å². The average Bonchev–Trinajstić information content (AvgIpc) is 2.77. The van der Waals surface area contributed by atoms with Gasteiger partial charge in [-0.25, -0.2) is 0 Å². The van der Waals surface area contributed by atoms with Crippen molar-refractivity contribution in [2.24, 2.45) is 27.1 Å². The van der Waals surface area contributed by atoms with Crippen LogP contribution in [0, 0.1) is 27.1 Å². The van der Waals surface area contributed by atoms with Crippen LogP contribution in [0.1, 0.15) is 106 Å². The number of thiol groups is 1. The predicted molar refractivity (Wildman–Crippen MR) is 157 cm³/mol. The number of esters is 1. The van der Waals surface area contributed by atoms with E-state index in [9.17, 15) is 4.79 Å². The Morgan fingerprint density at radius 1 is 0.944 bits per heavy atom. The van der Waals surface area contributed by atoms with Crippen molar-refractivity contribution in [1.29, 1.82) is 0 Å². The molecule has 0 saturated heterocycles. The maximum atomic E-state index is 13.9. The van der Waals surface area contributed by atoms with Gasteiger partial charge in [0.05, 0.1) is 18.6 Å². The van der Waals surface area contributed by atoms with Gasteiger partial charge in [0.1, 0.15) is 0 Å². The van der Waals surface area contributed by atoms with Crippen molar-refractivity contribution >= 4 is 18.6 Å². The quantitative estimate of drug-likeness (QED) is 0.145. The molecule has 0 saturated carbocycles. The van der Waals surface area contributed by atoms with Crippen LogP contribution in [0.3, 0.4) is 0 Å². The molecule has 1 aromatic rings. The molecule has 208 valence electrons. The van der Waals surface area contributed by atoms with Crippen molar-refractivity contribution in [1.82, 2.24) is 5.32 Å². The first-order valence-corrected chi connectivity index (χ1v) is 14.2. The summed E-state index contributed by atoms with van der Waals surface area (Å²) >= 11 is 4.44. The number of ether oxygens (including phenoxy) is 1. The van der Waals surface area contributed by atoms with Crippen molar-refractivity contribution in [3.8, 4) is 0 Å². The summed E-state index contributed by atoms with van der Waals surface area (Å²) < 4.78 is 5.96. The monoisotopic (exact) mass is 521 g/mol. The fourth-order valence-corrected chi connectivity index (χ4v) is 5.76. The highest BCUT2D eigenvalue weighted by molar-refractivity contribution is 7.79. The molecule has 2 unspecified atom stereocenters. The third-order valence-corrected chi connectivity index (χ3v) is 9.41. The highest BCUT2D eigenvalue weighted by atomic mass is 32.1. The van der Waals surface area contributed by atoms with Crippen molar-refractivity contribution in [3.05, 3.63) is 35.4 Å². The fraction of sp³-hybridized carbons (Fsp3) is 0.774. The van der Waals surface area contributed by atoms with E-state index in [4.69, 9.17) is 9.84 Å². The molecule has 0 bridgehead atoms. The van der Waals surface area contributed by atoms with Crippen molar-refractivity contribution < 1.29 is 14.6 Å². The first-order valence-electron chi connectivity index (χ1n) is 13.6. The summed E-state index contributed by atoms with van der Waals surface area (Å²) in [5, 5.41) is 12.1. The molecule has 0 aliphatic rings. The number of aliphatic hydroxyl groups excluding tert-OH is 1. The van der Waals surface area contributed by atoms with E-state index in [0.717, 1.165) is 18.6 Å². The summed E-state index contributed by atoms with van der Waals surface area (Å²) in [6, 6.07) is 8.88. The van der Waals surface area contributed by atoms with Crippen LogP contribution in [0.2, 0.25) is 0 Å². The first kappa shape index (κ1) is 33.0. The molecule has 2 atom stereocenters. The molecule has 0 spiro atoms. The van der Waals surface area contributed by atoms with Crippen LogP contribution < -0.4 is 5.32 Å². The van der Waals surface area contributed by atoms with Crippen LogP contribution in [0.5, 0.6) is 0 Å². The third-order valence-electron chi connectivity index (χ3n) is 9.04. The second kappa shape index (κ2) is 12.7. The molecule has 1 rings (SSSR count). The maximum absolute atomic E-state index is 13.9. The van der Waals surface area contributed by atoms with Crippen LogP contribution in [-0.2, 0) is 15.3 Å². The lowest BCUT2D eigenvalue weighted by molar-refractivity contribution is -0.187. The minimum absolute atomic E-state index is 0.109. The zero-order valence-corrected chi connectivity index (χ0v) is 25.9. The van der Waals surface area contributed by atoms with E-state index in [1.807, 2.05) is 0 Å². The van der Waals surface area contributed by atoms with Gasteiger partial charge in [0.15, 0.2) is 0 Å². The molecule has 0 aliphatic carbocycles. The number of hydrogen-bond acceptors (Lipinski definition) is 5. The molecule has 36 heavy (non-hydrogen) atoms. The maximum Gasteiger partial charge on any atom is 0.312 e. The van der Waals surface area contributed by atoms with Gasteiger partial charge < -0.3 is 15.2 Å². The Labute approximate surface area is 227 Å². The minimum Gasteiger partial charge on any atom is -0.465 e. The summed E-state index contributed by atoms with van der Waals surface area (Å²) in [6.07, 6.45) is 1.73. The summed E-state index contributed by atoms with van der Waals surface area (Å²) in [5.41, 5.74) is 0.972. The summed E-state index contributed by atoms with van der Waals surface area (Å²) in [7, 11) is 0. The highest BCUT2D eigenvalue weighted by Crippen LogP contribution is 2.64. The number of carbonyl (C=O) groups is 1. The molecule has 1 aromatic carbocycles. The highest BCUT2D eigenvalue weighted by Gasteiger charge is 2.62. The lowest BCUT2D eigenvalue weighted by Crippen LogP contribution is -2.59. The second-order valence-corrected chi connectivity index (χ2v) is 14.2. The Balaban J connectivity index is 3.46. The van der Waals surface area contributed by atoms with Gasteiger partial charge in [0.25, 0.3) is 0 Å². The van der Waals surface area contributed by atoms with Crippen LogP contribution in [0.25, 0.3) is 0 Å². The van der Waals surface area contributed by atoms with Crippen LogP contribution in [0.15, 0.2) is 24.3 Å². The van der Waals surface area contributed by atoms with Gasteiger partial charge in [0, 0.05) is 12.3 Å². The Morgan fingerprint density at radius 2 is 1.50 bits per heavy atom. The summed E-state index contributed by atoms with van der Waals surface area (Å²) in [5.74, 6) is 0.844. The molecule has 4 nitrogen and oxygen atoms in total. The zero-order valence-electron chi connectivity index (χ0n) is 25.0. The average molecular weight is 522 g/mol. The molecule has 0 aliphatic heterocycles. The molecule has 2 N–H and O–H groups in total. The van der Waals surface area contributed by atoms with E-state index in [0.29, 0.717) is 19.7 Å². The minimum atomic E-state index is -0.733. The molecule has 0 fully saturated rings. The van der Waals surface area contributed by atoms with Crippen LogP contribution in [-0.4, -0.2) is 37.4 Å². The van der Waals surface area contributed by atoms with Gasteiger partial charge in [-0.3, -0.25) is 4.79 Å². The van der Waals surface area contributed by atoms with E-state index in [-0.39, 0.29) is 34.7 Å². The number of carbonyl (C=O) groups excluding carboxylic acids is 1. The summed E-state index contributed by atoms with van der Waals surface area (Å²) in [4.78, 5) is 13.9. The molecule has 5 heteroatoms. The van der Waals surface area contributed by atoms with Crippen molar-refractivity contribution in [2.45, 2.75) is 101 Å². The number of nitrogens with one attached hydrogen (secondary N) is 1. The van der Waals surface area contributed by atoms with Gasteiger partial charge >= 0.3 is 5.97 Å². The molecule has 0 aromatic heterocycles. The Bertz CT molecular complexity index is 818. The Hall–Kier alpha value is -1.04. The Morgan fingerprint density at radius 3 is 1.94 bits per heavy atom. The van der Waals surface area contributed by atoms with E-state index in [1.165, 1.54) is 11.1 Å². The first-order chi connectivity index (χ1) is 16.4. The normalized spacial score (nSPS) is 15.9. The van der Waals surface area contributed by atoms with Crippen LogP contribution >= 0.6 is 12.6 Å². The number of hydrogen-bond donors (Lipinski definition) is 3. The number of aliphatic hydroxyl groups is 1. The smallest absolute Gasteiger partial charge is 0.312 e. The molecule has 0 radical (unpaired) electrons. The molecular formula is C31H55NO3S. The van der Waals surface area contributed by atoms with Crippen LogP contribution in [0.4, 0.5) is 0 Å². The number of benzene rings is 1. The SMILES string of the molecule is CC(C)(C)CC(c1ccc(CS)cc1)C(C)(C)C(C)(C)C(C)(C(=O)OCCCNCCO)C(C)(C)C. The molecule has 0 amide bonds. The Kier molecular flexibility index (Phi) is 11.6. The van der Waals surface area contributed by atoms with Gasteiger partial charge in [-0.1, -0.05) is 93.5 Å². The summed E-state index contributed by atoms with van der Waals surface area (Å²) in [6.45, 7) is 26.4. The molecular weight excluding hydrogens is 466 g/mol. The third kappa shape index (κ3) is 7.51. The van der Waals surface area contributed by atoms with E-state index in [2.05, 4.69) is 118 Å².